The topological polar surface area (TPSA) is 98.0 Å². The van der Waals surface area contributed by atoms with Gasteiger partial charge in [0.2, 0.25) is 0 Å². The predicted molar refractivity (Wildman–Crippen MR) is 69.1 cm³/mol. The van der Waals surface area contributed by atoms with E-state index >= 15 is 0 Å². The van der Waals surface area contributed by atoms with Gasteiger partial charge in [-0.3, -0.25) is 0 Å². The van der Waals surface area contributed by atoms with Gasteiger partial charge in [-0.05, 0) is 5.56 Å². The fourth-order valence-corrected chi connectivity index (χ4v) is 1.68. The lowest BCUT2D eigenvalue weighted by Gasteiger charge is -2.05. The van der Waals surface area contributed by atoms with E-state index in [4.69, 9.17) is 0 Å². The quantitative estimate of drug-likeness (QED) is 0.720. The van der Waals surface area contributed by atoms with Crippen molar-refractivity contribution in [3.05, 3.63) is 48.5 Å². The zero-order valence-electron chi connectivity index (χ0n) is 9.59. The molecule has 3 aromatic rings. The van der Waals surface area contributed by atoms with Gasteiger partial charge < -0.3 is 15.8 Å². The number of aromatic nitrogens is 4. The van der Waals surface area contributed by atoms with Crippen molar-refractivity contribution < 1.29 is 5.48 Å². The smallest absolute Gasteiger partial charge is 0.182 e. The molecule has 0 spiro atoms. The highest BCUT2D eigenvalue weighted by atomic mass is 16.0. The average Bonchev–Trinajstić information content (AvgIpc) is 2.86. The van der Waals surface area contributed by atoms with E-state index in [1.165, 1.54) is 11.9 Å². The summed E-state index contributed by atoms with van der Waals surface area (Å²) >= 11 is 0. The van der Waals surface area contributed by atoms with E-state index in [1.807, 2.05) is 18.2 Å². The average molecular weight is 243 g/mol. The van der Waals surface area contributed by atoms with E-state index in [1.54, 1.807) is 6.33 Å². The van der Waals surface area contributed by atoms with Crippen molar-refractivity contribution in [2.24, 2.45) is 0 Å². The molecule has 3 rings (SSSR count). The van der Waals surface area contributed by atoms with Crippen molar-refractivity contribution >= 4 is 17.0 Å². The summed E-state index contributed by atoms with van der Waals surface area (Å²) < 4.78 is 0. The Kier molecular flexibility index (Phi) is 3.49. The van der Waals surface area contributed by atoms with Gasteiger partial charge in [0, 0.05) is 6.54 Å². The van der Waals surface area contributed by atoms with E-state index in [0.717, 1.165) is 17.9 Å². The lowest BCUT2D eigenvalue weighted by atomic mass is 10.2. The van der Waals surface area contributed by atoms with Crippen molar-refractivity contribution in [1.82, 2.24) is 19.9 Å². The Hall–Kier alpha value is -2.47. The molecule has 0 saturated heterocycles. The van der Waals surface area contributed by atoms with Crippen LogP contribution in [0.25, 0.3) is 11.2 Å². The maximum Gasteiger partial charge on any atom is 0.182 e. The highest BCUT2D eigenvalue weighted by molar-refractivity contribution is 5.81. The first-order valence-electron chi connectivity index (χ1n) is 5.35. The third kappa shape index (κ3) is 2.28. The lowest BCUT2D eigenvalue weighted by molar-refractivity contribution is 0.824. The van der Waals surface area contributed by atoms with Gasteiger partial charge in [0.15, 0.2) is 11.5 Å². The van der Waals surface area contributed by atoms with Crippen LogP contribution in [0.3, 0.4) is 0 Å². The van der Waals surface area contributed by atoms with Gasteiger partial charge in [-0.1, -0.05) is 30.3 Å². The van der Waals surface area contributed by atoms with E-state index in [2.05, 4.69) is 37.4 Å². The molecule has 0 aliphatic carbocycles. The minimum absolute atomic E-state index is 0. The molecule has 1 aromatic carbocycles. The molecule has 0 aliphatic rings. The van der Waals surface area contributed by atoms with E-state index < -0.39 is 0 Å². The van der Waals surface area contributed by atoms with Crippen molar-refractivity contribution in [1.29, 1.82) is 0 Å². The summed E-state index contributed by atoms with van der Waals surface area (Å²) in [5, 5.41) is 3.27. The third-order valence-electron chi connectivity index (χ3n) is 2.53. The maximum atomic E-state index is 4.20. The van der Waals surface area contributed by atoms with Crippen LogP contribution in [0.15, 0.2) is 43.0 Å². The molecule has 0 bridgehead atoms. The Morgan fingerprint density at radius 3 is 2.72 bits per heavy atom. The highest BCUT2D eigenvalue weighted by Gasteiger charge is 2.04. The fraction of sp³-hybridized carbons (Fsp3) is 0.0833. The second-order valence-electron chi connectivity index (χ2n) is 3.66. The first-order valence-corrected chi connectivity index (χ1v) is 5.35. The van der Waals surface area contributed by atoms with Crippen LogP contribution in [0, 0.1) is 0 Å². The number of H-pyrrole nitrogens is 1. The zero-order valence-corrected chi connectivity index (χ0v) is 9.59. The van der Waals surface area contributed by atoms with Gasteiger partial charge in [-0.25, -0.2) is 15.0 Å². The Morgan fingerprint density at radius 1 is 1.06 bits per heavy atom. The second kappa shape index (κ2) is 5.24. The largest absolute Gasteiger partial charge is 0.412 e. The van der Waals surface area contributed by atoms with Gasteiger partial charge >= 0.3 is 0 Å². The molecule has 0 fully saturated rings. The normalized spacial score (nSPS) is 10.0. The van der Waals surface area contributed by atoms with Crippen molar-refractivity contribution in [2.75, 3.05) is 5.32 Å². The molecule has 0 unspecified atom stereocenters. The molecule has 6 nitrogen and oxygen atoms in total. The number of aromatic amines is 1. The van der Waals surface area contributed by atoms with Crippen LogP contribution in [0.2, 0.25) is 0 Å². The SMILES string of the molecule is O.c1ccc(CNc2ncnc3nc[nH]c23)cc1. The lowest BCUT2D eigenvalue weighted by Crippen LogP contribution is -2.02. The molecule has 0 saturated carbocycles. The minimum atomic E-state index is 0. The van der Waals surface area contributed by atoms with Gasteiger partial charge in [-0.15, -0.1) is 0 Å². The number of imidazole rings is 1. The fourth-order valence-electron chi connectivity index (χ4n) is 1.68. The van der Waals surface area contributed by atoms with Crippen LogP contribution in [0.1, 0.15) is 5.56 Å². The summed E-state index contributed by atoms with van der Waals surface area (Å²) in [4.78, 5) is 15.4. The Balaban J connectivity index is 0.00000120. The molecule has 0 aliphatic heterocycles. The summed E-state index contributed by atoms with van der Waals surface area (Å²) in [6.07, 6.45) is 3.13. The van der Waals surface area contributed by atoms with E-state index in [-0.39, 0.29) is 5.48 Å². The molecule has 2 aromatic heterocycles. The molecule has 6 heteroatoms. The van der Waals surface area contributed by atoms with Crippen LogP contribution >= 0.6 is 0 Å². The Labute approximate surface area is 103 Å². The second-order valence-corrected chi connectivity index (χ2v) is 3.66. The van der Waals surface area contributed by atoms with Crippen molar-refractivity contribution in [3.8, 4) is 0 Å². The number of nitrogens with zero attached hydrogens (tertiary/aromatic N) is 3. The summed E-state index contributed by atoms with van der Waals surface area (Å²) in [6.45, 7) is 0.728. The molecule has 0 atom stereocenters. The van der Waals surface area contributed by atoms with Crippen LogP contribution in [0.4, 0.5) is 5.82 Å². The summed E-state index contributed by atoms with van der Waals surface area (Å²) in [5.74, 6) is 0.774. The van der Waals surface area contributed by atoms with E-state index in [0.29, 0.717) is 5.65 Å². The number of hydrogen-bond donors (Lipinski definition) is 2. The zero-order chi connectivity index (χ0) is 11.5. The standard InChI is InChI=1S/C12H11N5.H2O/c1-2-4-9(5-3-1)6-13-11-10-12(15-7-14-10)17-8-16-11;/h1-5,7-8H,6H2,(H2,13,14,15,16,17);1H2. The van der Waals surface area contributed by atoms with Crippen molar-refractivity contribution in [2.45, 2.75) is 6.54 Å². The molecular weight excluding hydrogens is 230 g/mol. The first-order chi connectivity index (χ1) is 8.43. The summed E-state index contributed by atoms with van der Waals surface area (Å²) in [7, 11) is 0. The maximum absolute atomic E-state index is 4.20. The predicted octanol–water partition coefficient (Wildman–Crippen LogP) is 1.14. The molecule has 92 valence electrons. The first kappa shape index (κ1) is 12.0. The number of fused-ring (bicyclic) bond motifs is 1. The highest BCUT2D eigenvalue weighted by Crippen LogP contribution is 2.15. The van der Waals surface area contributed by atoms with Crippen LogP contribution < -0.4 is 5.32 Å². The number of hydrogen-bond acceptors (Lipinski definition) is 4. The molecule has 18 heavy (non-hydrogen) atoms. The van der Waals surface area contributed by atoms with Gasteiger partial charge in [0.05, 0.1) is 6.33 Å². The molecule has 4 N–H and O–H groups in total. The van der Waals surface area contributed by atoms with Crippen molar-refractivity contribution in [3.63, 3.8) is 0 Å². The number of anilines is 1. The Bertz CT molecular complexity index is 622. The van der Waals surface area contributed by atoms with Crippen LogP contribution in [-0.2, 0) is 6.54 Å². The molecule has 0 radical (unpaired) electrons. The third-order valence-corrected chi connectivity index (χ3v) is 2.53. The number of nitrogens with one attached hydrogen (secondary N) is 2. The van der Waals surface area contributed by atoms with E-state index in [9.17, 15) is 0 Å². The Morgan fingerprint density at radius 2 is 1.89 bits per heavy atom. The molecular formula is C12H13N5O. The van der Waals surface area contributed by atoms with Gasteiger partial charge in [-0.2, -0.15) is 0 Å². The minimum Gasteiger partial charge on any atom is -0.412 e. The molecule has 0 amide bonds. The summed E-state index contributed by atoms with van der Waals surface area (Å²) in [5.41, 5.74) is 2.72. The van der Waals surface area contributed by atoms with Gasteiger partial charge in [0.25, 0.3) is 0 Å². The monoisotopic (exact) mass is 243 g/mol. The van der Waals surface area contributed by atoms with Gasteiger partial charge in [0.1, 0.15) is 11.8 Å². The molecule has 2 heterocycles. The number of benzene rings is 1. The van der Waals surface area contributed by atoms with Crippen LogP contribution in [-0.4, -0.2) is 25.4 Å². The van der Waals surface area contributed by atoms with Crippen LogP contribution in [0.5, 0.6) is 0 Å². The summed E-state index contributed by atoms with van der Waals surface area (Å²) in [6, 6.07) is 10.2. The number of rotatable bonds is 3.